The molecule has 6 nitrogen and oxygen atoms in total. The maximum absolute atomic E-state index is 12.4. The van der Waals surface area contributed by atoms with E-state index in [1.54, 1.807) is 42.7 Å². The van der Waals surface area contributed by atoms with Crippen molar-refractivity contribution >= 4 is 40.5 Å². The van der Waals surface area contributed by atoms with Crippen LogP contribution in [0.25, 0.3) is 5.57 Å². The summed E-state index contributed by atoms with van der Waals surface area (Å²) in [6.45, 7) is 0. The molecule has 0 radical (unpaired) electrons. The summed E-state index contributed by atoms with van der Waals surface area (Å²) in [6, 6.07) is 17.8. The fourth-order valence-corrected chi connectivity index (χ4v) is 3.22. The van der Waals surface area contributed by atoms with Gasteiger partial charge in [-0.2, -0.15) is 0 Å². The number of allylic oxidation sites excluding steroid dienone is 1. The Hall–Kier alpha value is -3.64. The lowest BCUT2D eigenvalue weighted by atomic mass is 9.97. The van der Waals surface area contributed by atoms with Crippen molar-refractivity contribution in [3.8, 4) is 0 Å². The lowest BCUT2D eigenvalue weighted by Crippen LogP contribution is -2.19. The molecule has 1 aromatic heterocycles. The quantitative estimate of drug-likeness (QED) is 0.375. The molecule has 2 aromatic carbocycles. The van der Waals surface area contributed by atoms with Crippen LogP contribution in [0.4, 0.5) is 16.2 Å². The van der Waals surface area contributed by atoms with Gasteiger partial charge in [0.2, 0.25) is 0 Å². The Labute approximate surface area is 185 Å². The highest BCUT2D eigenvalue weighted by atomic mass is 35.5. The van der Waals surface area contributed by atoms with Crippen LogP contribution in [0.2, 0.25) is 5.02 Å². The average Bonchev–Trinajstić information content (AvgIpc) is 2.76. The standard InChI is InChI=1S/C24H22ClN3O3/c25-21-11-2-3-12-22(21)28-24(31)27-19-9-5-7-17(15-19)20(10-1-4-13-23(29)30)18-8-6-14-26-16-18/h2-3,5-12,14-16H,1,4,13H2,(H,29,30)(H2,27,28,31)/b20-10-. The molecule has 31 heavy (non-hydrogen) atoms. The van der Waals surface area contributed by atoms with Crippen LogP contribution in [0.5, 0.6) is 0 Å². The Morgan fingerprint density at radius 3 is 2.55 bits per heavy atom. The molecule has 1 heterocycles. The molecule has 0 spiro atoms. The highest BCUT2D eigenvalue weighted by Gasteiger charge is 2.09. The summed E-state index contributed by atoms with van der Waals surface area (Å²) in [5, 5.41) is 14.9. The molecule has 0 aliphatic carbocycles. The summed E-state index contributed by atoms with van der Waals surface area (Å²) in [5.41, 5.74) is 3.86. The number of amides is 2. The molecule has 0 aliphatic rings. The highest BCUT2D eigenvalue weighted by Crippen LogP contribution is 2.26. The first-order chi connectivity index (χ1) is 15.0. The number of para-hydroxylation sites is 1. The van der Waals surface area contributed by atoms with Crippen molar-refractivity contribution in [2.75, 3.05) is 10.6 Å². The van der Waals surface area contributed by atoms with Gasteiger partial charge < -0.3 is 15.7 Å². The van der Waals surface area contributed by atoms with Gasteiger partial charge >= 0.3 is 12.0 Å². The maximum Gasteiger partial charge on any atom is 0.323 e. The monoisotopic (exact) mass is 435 g/mol. The number of rotatable bonds is 8. The second-order valence-electron chi connectivity index (χ2n) is 6.79. The number of carbonyl (C=O) groups is 2. The van der Waals surface area contributed by atoms with Gasteiger partial charge in [0.05, 0.1) is 10.7 Å². The molecule has 0 atom stereocenters. The number of pyridine rings is 1. The van der Waals surface area contributed by atoms with Crippen LogP contribution >= 0.6 is 11.6 Å². The maximum atomic E-state index is 12.4. The van der Waals surface area contributed by atoms with E-state index in [1.165, 1.54) is 0 Å². The largest absolute Gasteiger partial charge is 0.481 e. The van der Waals surface area contributed by atoms with E-state index in [2.05, 4.69) is 15.6 Å². The van der Waals surface area contributed by atoms with Crippen molar-refractivity contribution in [1.82, 2.24) is 4.98 Å². The molecule has 0 saturated heterocycles. The third-order valence-corrected chi connectivity index (χ3v) is 4.80. The van der Waals surface area contributed by atoms with Crippen molar-refractivity contribution in [1.29, 1.82) is 0 Å². The van der Waals surface area contributed by atoms with Gasteiger partial charge in [0.25, 0.3) is 0 Å². The Kier molecular flexibility index (Phi) is 7.79. The number of aliphatic carboxylic acids is 1. The van der Waals surface area contributed by atoms with E-state index in [0.717, 1.165) is 16.7 Å². The van der Waals surface area contributed by atoms with E-state index in [1.807, 2.05) is 36.4 Å². The zero-order valence-corrected chi connectivity index (χ0v) is 17.5. The number of benzene rings is 2. The second kappa shape index (κ2) is 10.9. The number of urea groups is 1. The van der Waals surface area contributed by atoms with E-state index in [4.69, 9.17) is 16.7 Å². The van der Waals surface area contributed by atoms with E-state index < -0.39 is 12.0 Å². The number of hydrogen-bond donors (Lipinski definition) is 3. The predicted octanol–water partition coefficient (Wildman–Crippen LogP) is 6.07. The van der Waals surface area contributed by atoms with Crippen LogP contribution in [-0.2, 0) is 4.79 Å². The molecular weight excluding hydrogens is 414 g/mol. The van der Waals surface area contributed by atoms with Crippen LogP contribution in [0, 0.1) is 0 Å². The number of anilines is 2. The molecule has 0 saturated carbocycles. The molecule has 7 heteroatoms. The van der Waals surface area contributed by atoms with Crippen molar-refractivity contribution in [3.63, 3.8) is 0 Å². The fourth-order valence-electron chi connectivity index (χ4n) is 3.04. The highest BCUT2D eigenvalue weighted by molar-refractivity contribution is 6.33. The van der Waals surface area contributed by atoms with Gasteiger partial charge in [0.1, 0.15) is 0 Å². The first-order valence-electron chi connectivity index (χ1n) is 9.78. The number of carboxylic acid groups (broad SMARTS) is 1. The second-order valence-corrected chi connectivity index (χ2v) is 7.19. The number of halogens is 1. The number of aromatic nitrogens is 1. The Bertz CT molecular complexity index is 1080. The van der Waals surface area contributed by atoms with Crippen molar-refractivity contribution in [2.24, 2.45) is 0 Å². The van der Waals surface area contributed by atoms with Crippen LogP contribution in [0.15, 0.2) is 79.1 Å². The Balaban J connectivity index is 1.78. The lowest BCUT2D eigenvalue weighted by Gasteiger charge is -2.12. The lowest BCUT2D eigenvalue weighted by molar-refractivity contribution is -0.137. The van der Waals surface area contributed by atoms with Gasteiger partial charge in [0.15, 0.2) is 0 Å². The van der Waals surface area contributed by atoms with Crippen molar-refractivity contribution in [3.05, 3.63) is 95.3 Å². The molecule has 3 aromatic rings. The van der Waals surface area contributed by atoms with Gasteiger partial charge in [-0.15, -0.1) is 0 Å². The minimum absolute atomic E-state index is 0.112. The van der Waals surface area contributed by atoms with E-state index in [-0.39, 0.29) is 6.42 Å². The molecule has 3 N–H and O–H groups in total. The van der Waals surface area contributed by atoms with Crippen molar-refractivity contribution < 1.29 is 14.7 Å². The van der Waals surface area contributed by atoms with Gasteiger partial charge in [-0.1, -0.05) is 48.0 Å². The number of unbranched alkanes of at least 4 members (excludes halogenated alkanes) is 1. The first kappa shape index (κ1) is 22.1. The normalized spacial score (nSPS) is 11.1. The fraction of sp³-hybridized carbons (Fsp3) is 0.125. The summed E-state index contributed by atoms with van der Waals surface area (Å²) < 4.78 is 0. The number of nitrogens with one attached hydrogen (secondary N) is 2. The molecular formula is C24H22ClN3O3. The molecule has 158 valence electrons. The van der Waals surface area contributed by atoms with E-state index >= 15 is 0 Å². The summed E-state index contributed by atoms with van der Waals surface area (Å²) in [4.78, 5) is 27.4. The molecule has 0 fully saturated rings. The van der Waals surface area contributed by atoms with E-state index in [0.29, 0.717) is 29.2 Å². The average molecular weight is 436 g/mol. The summed E-state index contributed by atoms with van der Waals surface area (Å²) in [7, 11) is 0. The van der Waals surface area contributed by atoms with E-state index in [9.17, 15) is 9.59 Å². The zero-order valence-electron chi connectivity index (χ0n) is 16.7. The van der Waals surface area contributed by atoms with Crippen LogP contribution < -0.4 is 10.6 Å². The molecule has 2 amide bonds. The third kappa shape index (κ3) is 6.69. The molecule has 0 aliphatic heterocycles. The smallest absolute Gasteiger partial charge is 0.323 e. The van der Waals surface area contributed by atoms with Crippen LogP contribution in [0.3, 0.4) is 0 Å². The van der Waals surface area contributed by atoms with Crippen LogP contribution in [-0.4, -0.2) is 22.1 Å². The number of carbonyl (C=O) groups excluding carboxylic acids is 1. The van der Waals surface area contributed by atoms with Gasteiger partial charge in [-0.05, 0) is 54.3 Å². The summed E-state index contributed by atoms with van der Waals surface area (Å²) >= 11 is 6.09. The zero-order chi connectivity index (χ0) is 22.1. The third-order valence-electron chi connectivity index (χ3n) is 4.47. The topological polar surface area (TPSA) is 91.3 Å². The number of nitrogens with zero attached hydrogens (tertiary/aromatic N) is 1. The number of hydrogen-bond acceptors (Lipinski definition) is 3. The van der Waals surface area contributed by atoms with Gasteiger partial charge in [-0.25, -0.2) is 4.79 Å². The predicted molar refractivity (Wildman–Crippen MR) is 123 cm³/mol. The first-order valence-corrected chi connectivity index (χ1v) is 10.2. The minimum Gasteiger partial charge on any atom is -0.481 e. The summed E-state index contributed by atoms with van der Waals surface area (Å²) in [5.74, 6) is -0.813. The van der Waals surface area contributed by atoms with Crippen molar-refractivity contribution in [2.45, 2.75) is 19.3 Å². The van der Waals surface area contributed by atoms with Gasteiger partial charge in [-0.3, -0.25) is 9.78 Å². The molecule has 0 unspecified atom stereocenters. The number of carboxylic acids is 1. The Morgan fingerprint density at radius 1 is 1.00 bits per heavy atom. The Morgan fingerprint density at radius 2 is 1.81 bits per heavy atom. The minimum atomic E-state index is -0.813. The van der Waals surface area contributed by atoms with Gasteiger partial charge in [0, 0.05) is 30.1 Å². The van der Waals surface area contributed by atoms with Crippen LogP contribution in [0.1, 0.15) is 30.4 Å². The SMILES string of the molecule is O=C(O)CCC/C=C(\c1cccnc1)c1cccc(NC(=O)Nc2ccccc2Cl)c1. The molecule has 0 bridgehead atoms. The summed E-state index contributed by atoms with van der Waals surface area (Å²) in [6.07, 6.45) is 6.72. The molecule has 3 rings (SSSR count).